The minimum absolute atomic E-state index is 0.00858. The molecule has 32 heavy (non-hydrogen) atoms. The van der Waals surface area contributed by atoms with E-state index in [1.54, 1.807) is 0 Å². The van der Waals surface area contributed by atoms with Gasteiger partial charge in [-0.1, -0.05) is 0 Å². The molecule has 1 aliphatic heterocycles. The fourth-order valence-corrected chi connectivity index (χ4v) is 5.70. The molecular weight excluding hydrogens is 459 g/mol. The molecule has 0 amide bonds. The second-order valence-electron chi connectivity index (χ2n) is 7.50. The fraction of sp³-hybridized carbons (Fsp3) is 0.381. The third-order valence-corrected chi connectivity index (χ3v) is 7.35. The molecule has 5 heterocycles. The van der Waals surface area contributed by atoms with E-state index in [2.05, 4.69) is 20.3 Å². The van der Waals surface area contributed by atoms with E-state index in [0.29, 0.717) is 46.8 Å². The molecule has 0 saturated carbocycles. The standard InChI is InChI=1S/C21H20F3N5OS2/c1-3-30-18-17-16(27-20(28-18)29-6-4-25-5-7-29)15-12(21(22,23)24)9-13(26-19(15)32-17)14-8-11(2)10-31-14/h8-10,25H,3-7H2,1-2H3. The second kappa shape index (κ2) is 8.13. The minimum atomic E-state index is -4.55. The van der Waals surface area contributed by atoms with Crippen molar-refractivity contribution in [2.45, 2.75) is 20.0 Å². The number of ether oxygens (including phenoxy) is 1. The molecule has 168 valence electrons. The number of nitrogens with zero attached hydrogens (tertiary/aromatic N) is 4. The molecule has 1 saturated heterocycles. The Morgan fingerprint density at radius 3 is 2.59 bits per heavy atom. The molecule has 6 nitrogen and oxygen atoms in total. The van der Waals surface area contributed by atoms with E-state index >= 15 is 0 Å². The van der Waals surface area contributed by atoms with Gasteiger partial charge in [-0.2, -0.15) is 18.2 Å². The van der Waals surface area contributed by atoms with Crippen LogP contribution in [0.2, 0.25) is 0 Å². The first-order valence-electron chi connectivity index (χ1n) is 10.2. The molecule has 1 N–H and O–H groups in total. The van der Waals surface area contributed by atoms with Crippen molar-refractivity contribution in [2.24, 2.45) is 0 Å². The summed E-state index contributed by atoms with van der Waals surface area (Å²) >= 11 is 2.52. The lowest BCUT2D eigenvalue weighted by Gasteiger charge is -2.27. The molecule has 0 radical (unpaired) electrons. The molecular formula is C21H20F3N5OS2. The van der Waals surface area contributed by atoms with Crippen LogP contribution in [0.25, 0.3) is 31.0 Å². The quantitative estimate of drug-likeness (QED) is 0.439. The summed E-state index contributed by atoms with van der Waals surface area (Å²) in [6, 6.07) is 2.98. The van der Waals surface area contributed by atoms with Crippen LogP contribution in [0.5, 0.6) is 5.88 Å². The topological polar surface area (TPSA) is 63.2 Å². The Morgan fingerprint density at radius 1 is 1.16 bits per heavy atom. The van der Waals surface area contributed by atoms with E-state index < -0.39 is 11.7 Å². The van der Waals surface area contributed by atoms with Gasteiger partial charge < -0.3 is 15.0 Å². The van der Waals surface area contributed by atoms with Crippen LogP contribution < -0.4 is 15.0 Å². The summed E-state index contributed by atoms with van der Waals surface area (Å²) in [6.45, 7) is 6.94. The lowest BCUT2D eigenvalue weighted by molar-refractivity contribution is -0.136. The van der Waals surface area contributed by atoms with Gasteiger partial charge >= 0.3 is 6.18 Å². The van der Waals surface area contributed by atoms with Crippen LogP contribution in [0.1, 0.15) is 18.1 Å². The Labute approximate surface area is 190 Å². The summed E-state index contributed by atoms with van der Waals surface area (Å²) in [5.74, 6) is 0.684. The van der Waals surface area contributed by atoms with Gasteiger partial charge in [-0.25, -0.2) is 9.97 Å². The molecule has 0 atom stereocenters. The smallest absolute Gasteiger partial charge is 0.417 e. The van der Waals surface area contributed by atoms with Gasteiger partial charge in [-0.3, -0.25) is 0 Å². The van der Waals surface area contributed by atoms with Crippen molar-refractivity contribution in [1.29, 1.82) is 0 Å². The van der Waals surface area contributed by atoms with Gasteiger partial charge in [-0.15, -0.1) is 22.7 Å². The van der Waals surface area contributed by atoms with Crippen molar-refractivity contribution < 1.29 is 17.9 Å². The molecule has 4 aromatic rings. The number of piperazine rings is 1. The first-order valence-corrected chi connectivity index (χ1v) is 11.9. The number of fused-ring (bicyclic) bond motifs is 3. The SMILES string of the molecule is CCOc1nc(N2CCNCC2)nc2c1sc1nc(-c3cc(C)cs3)cc(C(F)(F)F)c12. The Morgan fingerprint density at radius 2 is 1.94 bits per heavy atom. The van der Waals surface area contributed by atoms with Crippen LogP contribution in [0.3, 0.4) is 0 Å². The van der Waals surface area contributed by atoms with E-state index in [1.165, 1.54) is 11.3 Å². The van der Waals surface area contributed by atoms with Gasteiger partial charge in [0.25, 0.3) is 0 Å². The molecule has 0 aromatic carbocycles. The van der Waals surface area contributed by atoms with Crippen LogP contribution in [0.15, 0.2) is 17.5 Å². The van der Waals surface area contributed by atoms with Gasteiger partial charge in [-0.05, 0) is 36.9 Å². The zero-order valence-electron chi connectivity index (χ0n) is 17.4. The number of rotatable bonds is 4. The first-order chi connectivity index (χ1) is 15.3. The van der Waals surface area contributed by atoms with Crippen molar-refractivity contribution in [3.63, 3.8) is 0 Å². The maximum absolute atomic E-state index is 14.2. The van der Waals surface area contributed by atoms with Gasteiger partial charge in [0.2, 0.25) is 11.8 Å². The van der Waals surface area contributed by atoms with Gasteiger partial charge in [0.15, 0.2) is 0 Å². The van der Waals surface area contributed by atoms with E-state index in [9.17, 15) is 13.2 Å². The number of nitrogens with one attached hydrogen (secondary N) is 1. The zero-order chi connectivity index (χ0) is 22.5. The summed E-state index contributed by atoms with van der Waals surface area (Å²) in [5.41, 5.74) is 0.803. The molecule has 0 spiro atoms. The largest absolute Gasteiger partial charge is 0.477 e. The van der Waals surface area contributed by atoms with Crippen molar-refractivity contribution in [2.75, 3.05) is 37.7 Å². The number of alkyl halides is 3. The van der Waals surface area contributed by atoms with Gasteiger partial charge in [0.05, 0.1) is 28.1 Å². The van der Waals surface area contributed by atoms with Crippen molar-refractivity contribution in [3.8, 4) is 16.5 Å². The molecule has 0 unspecified atom stereocenters. The number of hydrogen-bond acceptors (Lipinski definition) is 8. The summed E-state index contributed by atoms with van der Waals surface area (Å²) in [5, 5.41) is 5.16. The zero-order valence-corrected chi connectivity index (χ0v) is 19.0. The molecule has 4 aromatic heterocycles. The number of aromatic nitrogens is 3. The first kappa shape index (κ1) is 21.4. The monoisotopic (exact) mass is 479 g/mol. The summed E-state index contributed by atoms with van der Waals surface area (Å²) in [7, 11) is 0. The van der Waals surface area contributed by atoms with Gasteiger partial charge in [0, 0.05) is 26.2 Å². The van der Waals surface area contributed by atoms with Crippen LogP contribution >= 0.6 is 22.7 Å². The number of thiophene rings is 2. The van der Waals surface area contributed by atoms with Crippen LogP contribution in [0.4, 0.5) is 19.1 Å². The summed E-state index contributed by atoms with van der Waals surface area (Å²) < 4.78 is 48.9. The summed E-state index contributed by atoms with van der Waals surface area (Å²) in [4.78, 5) is 16.7. The summed E-state index contributed by atoms with van der Waals surface area (Å²) in [6.07, 6.45) is -4.55. The minimum Gasteiger partial charge on any atom is -0.477 e. The highest BCUT2D eigenvalue weighted by Crippen LogP contribution is 2.45. The second-order valence-corrected chi connectivity index (χ2v) is 9.41. The Hall–Kier alpha value is -2.50. The number of anilines is 1. The molecule has 0 bridgehead atoms. The Balaban J connectivity index is 1.80. The Bertz CT molecular complexity index is 1290. The predicted octanol–water partition coefficient (Wildman–Crippen LogP) is 5.10. The normalized spacial score (nSPS) is 15.1. The lowest BCUT2D eigenvalue weighted by Crippen LogP contribution is -2.44. The number of halogens is 3. The third-order valence-electron chi connectivity index (χ3n) is 5.21. The van der Waals surface area contributed by atoms with E-state index in [-0.39, 0.29) is 15.7 Å². The maximum Gasteiger partial charge on any atom is 0.417 e. The van der Waals surface area contributed by atoms with E-state index in [4.69, 9.17) is 4.74 Å². The number of hydrogen-bond donors (Lipinski definition) is 1. The third kappa shape index (κ3) is 3.78. The average Bonchev–Trinajstić information content (AvgIpc) is 3.37. The lowest BCUT2D eigenvalue weighted by atomic mass is 10.1. The van der Waals surface area contributed by atoms with Crippen molar-refractivity contribution in [3.05, 3.63) is 28.6 Å². The maximum atomic E-state index is 14.2. The number of aryl methyl sites for hydroxylation is 1. The Kier molecular flexibility index (Phi) is 5.42. The van der Waals surface area contributed by atoms with Crippen LogP contribution in [-0.2, 0) is 6.18 Å². The highest BCUT2D eigenvalue weighted by Gasteiger charge is 2.36. The average molecular weight is 480 g/mol. The fourth-order valence-electron chi connectivity index (χ4n) is 3.76. The molecule has 1 aliphatic rings. The van der Waals surface area contributed by atoms with Crippen molar-refractivity contribution >= 4 is 49.1 Å². The molecule has 11 heteroatoms. The number of pyridine rings is 1. The van der Waals surface area contributed by atoms with Gasteiger partial charge in [0.1, 0.15) is 15.0 Å². The highest BCUT2D eigenvalue weighted by atomic mass is 32.1. The highest BCUT2D eigenvalue weighted by molar-refractivity contribution is 7.25. The molecule has 0 aliphatic carbocycles. The van der Waals surface area contributed by atoms with E-state index in [1.807, 2.05) is 30.2 Å². The van der Waals surface area contributed by atoms with Crippen molar-refractivity contribution in [1.82, 2.24) is 20.3 Å². The van der Waals surface area contributed by atoms with Crippen LogP contribution in [0, 0.1) is 6.92 Å². The van der Waals surface area contributed by atoms with Crippen LogP contribution in [-0.4, -0.2) is 47.7 Å². The molecule has 1 fully saturated rings. The molecule has 5 rings (SSSR count). The van der Waals surface area contributed by atoms with E-state index in [0.717, 1.165) is 36.1 Å². The predicted molar refractivity (Wildman–Crippen MR) is 122 cm³/mol.